The topological polar surface area (TPSA) is 36.3 Å². The van der Waals surface area contributed by atoms with Crippen LogP contribution in [0.25, 0.3) is 0 Å². The van der Waals surface area contributed by atoms with Crippen molar-refractivity contribution in [3.05, 3.63) is 29.8 Å². The van der Waals surface area contributed by atoms with Gasteiger partial charge in [0.2, 0.25) is 0 Å². The first-order chi connectivity index (χ1) is 9.69. The number of hydrogen-bond donors (Lipinski definition) is 0. The highest BCUT2D eigenvalue weighted by Crippen LogP contribution is 2.23. The van der Waals surface area contributed by atoms with Crippen molar-refractivity contribution in [2.24, 2.45) is 11.8 Å². The number of hydrogen-bond acceptors (Lipinski definition) is 3. The van der Waals surface area contributed by atoms with Gasteiger partial charge >= 0.3 is 0 Å². The Labute approximate surface area is 122 Å². The molecule has 0 saturated carbocycles. The lowest BCUT2D eigenvalue weighted by Crippen LogP contribution is -2.27. The fraction of sp³-hybridized carbons (Fsp3) is 0.588. The molecule has 108 valence electrons. The van der Waals surface area contributed by atoms with Gasteiger partial charge in [-0.25, -0.2) is 0 Å². The monoisotopic (exact) mass is 272 g/mol. The third-order valence-electron chi connectivity index (χ3n) is 4.13. The minimum Gasteiger partial charge on any atom is -0.492 e. The molecule has 1 fully saturated rings. The second-order valence-corrected chi connectivity index (χ2v) is 5.92. The maximum atomic E-state index is 8.63. The molecule has 1 atom stereocenters. The summed E-state index contributed by atoms with van der Waals surface area (Å²) in [6.45, 7) is 8.78. The van der Waals surface area contributed by atoms with E-state index in [1.165, 1.54) is 19.5 Å². The summed E-state index contributed by atoms with van der Waals surface area (Å²) in [4.78, 5) is 2.49. The molecule has 0 radical (unpaired) electrons. The highest BCUT2D eigenvalue weighted by Gasteiger charge is 2.24. The first-order valence-corrected chi connectivity index (χ1v) is 7.50. The molecule has 2 rings (SSSR count). The highest BCUT2D eigenvalue weighted by molar-refractivity contribution is 5.28. The maximum absolute atomic E-state index is 8.63. The molecule has 0 amide bonds. The third-order valence-corrected chi connectivity index (χ3v) is 4.13. The van der Waals surface area contributed by atoms with Crippen molar-refractivity contribution in [2.75, 3.05) is 26.2 Å². The van der Waals surface area contributed by atoms with Gasteiger partial charge in [-0.1, -0.05) is 26.0 Å². The predicted octanol–water partition coefficient (Wildman–Crippen LogP) is 3.11. The van der Waals surface area contributed by atoms with Gasteiger partial charge in [0.25, 0.3) is 0 Å². The van der Waals surface area contributed by atoms with E-state index < -0.39 is 0 Å². The summed E-state index contributed by atoms with van der Waals surface area (Å²) in [5.74, 6) is 2.53. The molecule has 1 aromatic rings. The van der Waals surface area contributed by atoms with Gasteiger partial charge in [0, 0.05) is 13.1 Å². The Morgan fingerprint density at radius 1 is 1.35 bits per heavy atom. The molecule has 1 unspecified atom stereocenters. The molecule has 1 aliphatic heterocycles. The number of nitrogens with zero attached hydrogens (tertiary/aromatic N) is 2. The number of ether oxygens (including phenoxy) is 1. The van der Waals surface area contributed by atoms with Crippen LogP contribution in [0.1, 0.15) is 25.8 Å². The van der Waals surface area contributed by atoms with Gasteiger partial charge in [-0.05, 0) is 42.5 Å². The molecule has 1 heterocycles. The van der Waals surface area contributed by atoms with E-state index in [0.29, 0.717) is 6.42 Å². The Morgan fingerprint density at radius 3 is 2.70 bits per heavy atom. The Bertz CT molecular complexity index is 447. The molecule has 0 aliphatic carbocycles. The lowest BCUT2D eigenvalue weighted by Gasteiger charge is -2.18. The zero-order valence-corrected chi connectivity index (χ0v) is 12.5. The van der Waals surface area contributed by atoms with Crippen LogP contribution in [0, 0.1) is 23.2 Å². The van der Waals surface area contributed by atoms with Crippen molar-refractivity contribution < 1.29 is 4.74 Å². The summed E-state index contributed by atoms with van der Waals surface area (Å²) < 4.78 is 5.77. The van der Waals surface area contributed by atoms with Gasteiger partial charge in [-0.3, -0.25) is 4.90 Å². The van der Waals surface area contributed by atoms with Crippen LogP contribution in [0.3, 0.4) is 0 Å². The molecule has 0 aromatic heterocycles. The molecular weight excluding hydrogens is 248 g/mol. The molecule has 3 heteroatoms. The van der Waals surface area contributed by atoms with Crippen molar-refractivity contribution in [2.45, 2.75) is 26.7 Å². The molecule has 0 bridgehead atoms. The van der Waals surface area contributed by atoms with E-state index in [0.717, 1.165) is 36.3 Å². The SMILES string of the molecule is CC(C)C1CCN(CCOc2ccc(CC#N)cc2)C1. The molecule has 1 aliphatic rings. The third kappa shape index (κ3) is 4.25. The Hall–Kier alpha value is -1.53. The first kappa shape index (κ1) is 14.9. The van der Waals surface area contributed by atoms with E-state index in [-0.39, 0.29) is 0 Å². The van der Waals surface area contributed by atoms with Crippen LogP contribution in [0.4, 0.5) is 0 Å². The summed E-state index contributed by atoms with van der Waals surface area (Å²) in [5.41, 5.74) is 1.04. The molecule has 1 aromatic carbocycles. The fourth-order valence-corrected chi connectivity index (χ4v) is 2.70. The summed E-state index contributed by atoms with van der Waals surface area (Å²) in [5, 5.41) is 8.63. The normalized spacial score (nSPS) is 19.2. The van der Waals surface area contributed by atoms with Gasteiger partial charge < -0.3 is 4.74 Å². The summed E-state index contributed by atoms with van der Waals surface area (Å²) in [6, 6.07) is 9.98. The first-order valence-electron chi connectivity index (χ1n) is 7.50. The summed E-state index contributed by atoms with van der Waals surface area (Å²) in [7, 11) is 0. The Kier molecular flexibility index (Phi) is 5.43. The Morgan fingerprint density at radius 2 is 2.10 bits per heavy atom. The van der Waals surface area contributed by atoms with E-state index in [2.05, 4.69) is 24.8 Å². The molecule has 3 nitrogen and oxygen atoms in total. The summed E-state index contributed by atoms with van der Waals surface area (Å²) >= 11 is 0. The van der Waals surface area contributed by atoms with E-state index in [1.807, 2.05) is 24.3 Å². The lowest BCUT2D eigenvalue weighted by molar-refractivity contribution is 0.227. The minimum absolute atomic E-state index is 0.463. The zero-order chi connectivity index (χ0) is 14.4. The quantitative estimate of drug-likeness (QED) is 0.798. The van der Waals surface area contributed by atoms with Gasteiger partial charge in [-0.2, -0.15) is 5.26 Å². The van der Waals surface area contributed by atoms with E-state index in [4.69, 9.17) is 10.00 Å². The highest BCUT2D eigenvalue weighted by atomic mass is 16.5. The lowest BCUT2D eigenvalue weighted by atomic mass is 9.95. The molecule has 20 heavy (non-hydrogen) atoms. The fourth-order valence-electron chi connectivity index (χ4n) is 2.70. The summed E-state index contributed by atoms with van der Waals surface area (Å²) in [6.07, 6.45) is 1.78. The van der Waals surface area contributed by atoms with Crippen molar-refractivity contribution in [1.29, 1.82) is 5.26 Å². The molecule has 0 N–H and O–H groups in total. The predicted molar refractivity (Wildman–Crippen MR) is 80.6 cm³/mol. The van der Waals surface area contributed by atoms with Crippen LogP contribution < -0.4 is 4.74 Å². The molecule has 0 spiro atoms. The van der Waals surface area contributed by atoms with Gasteiger partial charge in [0.1, 0.15) is 12.4 Å². The van der Waals surface area contributed by atoms with Crippen molar-refractivity contribution in [3.63, 3.8) is 0 Å². The minimum atomic E-state index is 0.463. The van der Waals surface area contributed by atoms with Crippen LogP contribution in [0.2, 0.25) is 0 Å². The second kappa shape index (κ2) is 7.31. The largest absolute Gasteiger partial charge is 0.492 e. The zero-order valence-electron chi connectivity index (χ0n) is 12.5. The number of benzene rings is 1. The Balaban J connectivity index is 1.70. The standard InChI is InChI=1S/C17H24N2O/c1-14(2)16-8-10-19(13-16)11-12-20-17-5-3-15(4-6-17)7-9-18/h3-6,14,16H,7-8,10-13H2,1-2H3. The number of rotatable bonds is 6. The van der Waals surface area contributed by atoms with E-state index in [9.17, 15) is 0 Å². The van der Waals surface area contributed by atoms with Gasteiger partial charge in [0.15, 0.2) is 0 Å². The van der Waals surface area contributed by atoms with Crippen LogP contribution in [-0.4, -0.2) is 31.1 Å². The van der Waals surface area contributed by atoms with Crippen molar-refractivity contribution >= 4 is 0 Å². The maximum Gasteiger partial charge on any atom is 0.119 e. The van der Waals surface area contributed by atoms with Crippen LogP contribution in [-0.2, 0) is 6.42 Å². The van der Waals surface area contributed by atoms with E-state index >= 15 is 0 Å². The molecule has 1 saturated heterocycles. The molecular formula is C17H24N2O. The number of nitriles is 1. The van der Waals surface area contributed by atoms with Crippen molar-refractivity contribution in [1.82, 2.24) is 4.90 Å². The van der Waals surface area contributed by atoms with Crippen LogP contribution in [0.5, 0.6) is 5.75 Å². The van der Waals surface area contributed by atoms with Crippen LogP contribution in [0.15, 0.2) is 24.3 Å². The smallest absolute Gasteiger partial charge is 0.119 e. The van der Waals surface area contributed by atoms with Gasteiger partial charge in [-0.15, -0.1) is 0 Å². The average Bonchev–Trinajstić information content (AvgIpc) is 2.90. The van der Waals surface area contributed by atoms with Gasteiger partial charge in [0.05, 0.1) is 12.5 Å². The average molecular weight is 272 g/mol. The van der Waals surface area contributed by atoms with Crippen molar-refractivity contribution in [3.8, 4) is 11.8 Å². The second-order valence-electron chi connectivity index (χ2n) is 5.92. The van der Waals surface area contributed by atoms with Crippen LogP contribution >= 0.6 is 0 Å². The number of likely N-dealkylation sites (tertiary alicyclic amines) is 1. The van der Waals surface area contributed by atoms with E-state index in [1.54, 1.807) is 0 Å².